The molecule has 1 aromatic heterocycles. The molecule has 19 heavy (non-hydrogen) atoms. The molecule has 0 atom stereocenters. The molecule has 0 bridgehead atoms. The van der Waals surface area contributed by atoms with Gasteiger partial charge in [0.15, 0.2) is 0 Å². The van der Waals surface area contributed by atoms with E-state index in [9.17, 15) is 4.39 Å². The maximum atomic E-state index is 13.5. The normalized spacial score (nSPS) is 10.2. The van der Waals surface area contributed by atoms with Gasteiger partial charge in [0, 0.05) is 32.5 Å². The van der Waals surface area contributed by atoms with Crippen LogP contribution in [0.3, 0.4) is 0 Å². The van der Waals surface area contributed by atoms with Crippen molar-refractivity contribution < 1.29 is 4.39 Å². The molecule has 0 aliphatic heterocycles. The van der Waals surface area contributed by atoms with Gasteiger partial charge < -0.3 is 9.47 Å². The Balaban J connectivity index is 1.98. The Morgan fingerprint density at radius 1 is 1.47 bits per heavy atom. The number of nitrogens with zero attached hydrogens (tertiary/aromatic N) is 4. The van der Waals surface area contributed by atoms with Gasteiger partial charge in [0.1, 0.15) is 17.4 Å². The Morgan fingerprint density at radius 3 is 3.00 bits per heavy atom. The minimum atomic E-state index is -0.471. The minimum Gasteiger partial charge on any atom is -0.373 e. The molecule has 0 aliphatic carbocycles. The summed E-state index contributed by atoms with van der Waals surface area (Å²) < 4.78 is 15.5. The van der Waals surface area contributed by atoms with Crippen LogP contribution in [-0.2, 0) is 6.54 Å². The van der Waals surface area contributed by atoms with Crippen molar-refractivity contribution in [2.24, 2.45) is 0 Å². The monoisotopic (exact) mass is 258 g/mol. The number of imidazole rings is 1. The van der Waals surface area contributed by atoms with Crippen LogP contribution >= 0.6 is 0 Å². The zero-order valence-corrected chi connectivity index (χ0v) is 10.8. The molecule has 1 heterocycles. The molecule has 0 saturated heterocycles. The molecule has 0 spiro atoms. The van der Waals surface area contributed by atoms with Crippen LogP contribution in [0.5, 0.6) is 0 Å². The highest BCUT2D eigenvalue weighted by atomic mass is 19.1. The quantitative estimate of drug-likeness (QED) is 0.827. The van der Waals surface area contributed by atoms with Crippen molar-refractivity contribution in [3.8, 4) is 6.07 Å². The standard InChI is InChI=1S/C14H15FN4/c1-18(7-3-8-19-9-6-17-11-19)14-5-2-4-13(15)12(14)10-16/h2,4-6,9,11H,3,7-8H2,1H3. The van der Waals surface area contributed by atoms with Gasteiger partial charge in [0.25, 0.3) is 0 Å². The van der Waals surface area contributed by atoms with E-state index in [-0.39, 0.29) is 5.56 Å². The summed E-state index contributed by atoms with van der Waals surface area (Å²) in [6, 6.07) is 6.61. The average Bonchev–Trinajstić information content (AvgIpc) is 2.91. The third-order valence-electron chi connectivity index (χ3n) is 2.98. The largest absolute Gasteiger partial charge is 0.373 e. The van der Waals surface area contributed by atoms with E-state index in [1.54, 1.807) is 24.7 Å². The summed E-state index contributed by atoms with van der Waals surface area (Å²) in [7, 11) is 1.86. The number of benzene rings is 1. The molecule has 98 valence electrons. The van der Waals surface area contributed by atoms with Gasteiger partial charge in [-0.25, -0.2) is 9.37 Å². The first-order valence-electron chi connectivity index (χ1n) is 6.08. The second kappa shape index (κ2) is 6.01. The van der Waals surface area contributed by atoms with Crippen molar-refractivity contribution in [2.75, 3.05) is 18.5 Å². The highest BCUT2D eigenvalue weighted by Gasteiger charge is 2.11. The first kappa shape index (κ1) is 13.1. The molecular formula is C14H15FN4. The lowest BCUT2D eigenvalue weighted by Crippen LogP contribution is -2.21. The third kappa shape index (κ3) is 3.10. The fourth-order valence-electron chi connectivity index (χ4n) is 1.97. The van der Waals surface area contributed by atoms with Crippen molar-refractivity contribution in [2.45, 2.75) is 13.0 Å². The number of aryl methyl sites for hydroxylation is 1. The molecule has 0 fully saturated rings. The average molecular weight is 258 g/mol. The van der Waals surface area contributed by atoms with Gasteiger partial charge in [-0.15, -0.1) is 0 Å². The van der Waals surface area contributed by atoms with E-state index in [1.165, 1.54) is 6.07 Å². The Kier molecular flexibility index (Phi) is 4.14. The van der Waals surface area contributed by atoms with E-state index >= 15 is 0 Å². The third-order valence-corrected chi connectivity index (χ3v) is 2.98. The van der Waals surface area contributed by atoms with E-state index in [1.807, 2.05) is 28.8 Å². The number of aromatic nitrogens is 2. The van der Waals surface area contributed by atoms with Gasteiger partial charge >= 0.3 is 0 Å². The topological polar surface area (TPSA) is 44.9 Å². The van der Waals surface area contributed by atoms with E-state index in [2.05, 4.69) is 4.98 Å². The number of hydrogen-bond donors (Lipinski definition) is 0. The predicted molar refractivity (Wildman–Crippen MR) is 71.2 cm³/mol. The molecule has 0 unspecified atom stereocenters. The zero-order chi connectivity index (χ0) is 13.7. The first-order chi connectivity index (χ1) is 9.22. The number of hydrogen-bond acceptors (Lipinski definition) is 3. The molecule has 0 saturated carbocycles. The second-order valence-corrected chi connectivity index (χ2v) is 4.32. The highest BCUT2D eigenvalue weighted by Crippen LogP contribution is 2.21. The summed E-state index contributed by atoms with van der Waals surface area (Å²) in [4.78, 5) is 5.88. The molecule has 1 aromatic carbocycles. The highest BCUT2D eigenvalue weighted by molar-refractivity contribution is 5.59. The van der Waals surface area contributed by atoms with Crippen LogP contribution in [0.15, 0.2) is 36.9 Å². The van der Waals surface area contributed by atoms with Crippen LogP contribution in [0.2, 0.25) is 0 Å². The Labute approximate surface area is 111 Å². The van der Waals surface area contributed by atoms with Crippen LogP contribution in [0.1, 0.15) is 12.0 Å². The van der Waals surface area contributed by atoms with Crippen LogP contribution in [0, 0.1) is 17.1 Å². The summed E-state index contributed by atoms with van der Waals surface area (Å²) in [5.41, 5.74) is 0.737. The van der Waals surface area contributed by atoms with E-state index in [4.69, 9.17) is 5.26 Å². The zero-order valence-electron chi connectivity index (χ0n) is 10.8. The van der Waals surface area contributed by atoms with Gasteiger partial charge in [-0.1, -0.05) is 6.07 Å². The molecule has 4 nitrogen and oxygen atoms in total. The maximum absolute atomic E-state index is 13.5. The van der Waals surface area contributed by atoms with Gasteiger partial charge in [-0.05, 0) is 18.6 Å². The van der Waals surface area contributed by atoms with Crippen LogP contribution in [-0.4, -0.2) is 23.1 Å². The Hall–Kier alpha value is -2.35. The fourth-order valence-corrected chi connectivity index (χ4v) is 1.97. The van der Waals surface area contributed by atoms with Crippen molar-refractivity contribution >= 4 is 5.69 Å². The molecule has 0 N–H and O–H groups in total. The molecular weight excluding hydrogens is 243 g/mol. The van der Waals surface area contributed by atoms with E-state index in [0.717, 1.165) is 19.5 Å². The summed E-state index contributed by atoms with van der Waals surface area (Å²) in [6.07, 6.45) is 6.31. The van der Waals surface area contributed by atoms with Crippen LogP contribution < -0.4 is 4.90 Å². The smallest absolute Gasteiger partial charge is 0.143 e. The van der Waals surface area contributed by atoms with Gasteiger partial charge in [0.05, 0.1) is 12.0 Å². The van der Waals surface area contributed by atoms with Crippen LogP contribution in [0.25, 0.3) is 0 Å². The number of halogens is 1. The first-order valence-corrected chi connectivity index (χ1v) is 6.08. The minimum absolute atomic E-state index is 0.104. The molecule has 0 amide bonds. The fraction of sp³-hybridized carbons (Fsp3) is 0.286. The van der Waals surface area contributed by atoms with Crippen molar-refractivity contribution in [3.63, 3.8) is 0 Å². The van der Waals surface area contributed by atoms with Gasteiger partial charge in [-0.3, -0.25) is 0 Å². The Bertz CT molecular complexity index is 572. The summed E-state index contributed by atoms with van der Waals surface area (Å²) in [6.45, 7) is 1.60. The molecule has 5 heteroatoms. The summed E-state index contributed by atoms with van der Waals surface area (Å²) in [5.74, 6) is -0.471. The van der Waals surface area contributed by atoms with Gasteiger partial charge in [-0.2, -0.15) is 5.26 Å². The number of anilines is 1. The predicted octanol–water partition coefficient (Wildman–Crippen LogP) is 2.42. The molecule has 2 aromatic rings. The SMILES string of the molecule is CN(CCCn1ccnc1)c1cccc(F)c1C#N. The molecule has 0 radical (unpaired) electrons. The van der Waals surface area contributed by atoms with E-state index in [0.29, 0.717) is 5.69 Å². The van der Waals surface area contributed by atoms with Crippen molar-refractivity contribution in [1.29, 1.82) is 5.26 Å². The van der Waals surface area contributed by atoms with Crippen molar-refractivity contribution in [3.05, 3.63) is 48.3 Å². The lowest BCUT2D eigenvalue weighted by Gasteiger charge is -2.20. The van der Waals surface area contributed by atoms with Gasteiger partial charge in [0.2, 0.25) is 0 Å². The number of rotatable bonds is 5. The summed E-state index contributed by atoms with van der Waals surface area (Å²) in [5, 5.41) is 8.99. The molecule has 2 rings (SSSR count). The Morgan fingerprint density at radius 2 is 2.32 bits per heavy atom. The lowest BCUT2D eigenvalue weighted by atomic mass is 10.1. The van der Waals surface area contributed by atoms with Crippen molar-refractivity contribution in [1.82, 2.24) is 9.55 Å². The lowest BCUT2D eigenvalue weighted by molar-refractivity contribution is 0.618. The van der Waals surface area contributed by atoms with E-state index < -0.39 is 5.82 Å². The number of nitriles is 1. The summed E-state index contributed by atoms with van der Waals surface area (Å²) >= 11 is 0. The molecule has 0 aliphatic rings. The van der Waals surface area contributed by atoms with Crippen LogP contribution in [0.4, 0.5) is 10.1 Å². The maximum Gasteiger partial charge on any atom is 0.143 e. The second-order valence-electron chi connectivity index (χ2n) is 4.32.